The van der Waals surface area contributed by atoms with Crippen molar-refractivity contribution in [2.75, 3.05) is 35.8 Å². The molecule has 7 heteroatoms. The van der Waals surface area contributed by atoms with Crippen molar-refractivity contribution < 1.29 is 19.4 Å². The maximum atomic E-state index is 13.3. The molecule has 140 valence electrons. The Hall–Kier alpha value is -3.58. The lowest BCUT2D eigenvalue weighted by molar-refractivity contribution is 0.100. The molecule has 7 nitrogen and oxygen atoms in total. The number of hydrogen-bond donors (Lipinski definition) is 3. The fourth-order valence-corrected chi connectivity index (χ4v) is 3.96. The van der Waals surface area contributed by atoms with Crippen LogP contribution in [0.4, 0.5) is 22.7 Å². The third-order valence-electron chi connectivity index (χ3n) is 5.18. The molecule has 0 unspecified atom stereocenters. The molecule has 0 spiro atoms. The highest BCUT2D eigenvalue weighted by molar-refractivity contribution is 6.35. The third-order valence-corrected chi connectivity index (χ3v) is 5.18. The number of ether oxygens (including phenoxy) is 1. The molecule has 0 saturated carbocycles. The molecule has 3 N–H and O–H groups in total. The topological polar surface area (TPSA) is 90.9 Å². The number of carbonyl (C=O) groups is 2. The first kappa shape index (κ1) is 16.6. The Balaban J connectivity index is 1.72. The van der Waals surface area contributed by atoms with E-state index in [1.807, 2.05) is 18.2 Å². The summed E-state index contributed by atoms with van der Waals surface area (Å²) in [5.41, 5.74) is 3.94. The van der Waals surface area contributed by atoms with E-state index in [0.717, 1.165) is 22.1 Å². The van der Waals surface area contributed by atoms with E-state index in [4.69, 9.17) is 4.74 Å². The zero-order chi connectivity index (χ0) is 19.4. The molecule has 2 aliphatic rings. The van der Waals surface area contributed by atoms with E-state index in [-0.39, 0.29) is 18.4 Å². The minimum atomic E-state index is -0.157. The smallest absolute Gasteiger partial charge is 0.263 e. The molecule has 2 aliphatic heterocycles. The predicted molar refractivity (Wildman–Crippen MR) is 107 cm³/mol. The van der Waals surface area contributed by atoms with Crippen LogP contribution in [0.2, 0.25) is 0 Å². The quantitative estimate of drug-likeness (QED) is 0.637. The van der Waals surface area contributed by atoms with Crippen LogP contribution in [0.5, 0.6) is 5.75 Å². The maximum Gasteiger partial charge on any atom is 0.263 e. The van der Waals surface area contributed by atoms with Gasteiger partial charge in [0.05, 0.1) is 36.3 Å². The normalized spacial score (nSPS) is 14.0. The van der Waals surface area contributed by atoms with Crippen LogP contribution in [-0.2, 0) is 0 Å². The molecule has 5 rings (SSSR count). The highest BCUT2D eigenvalue weighted by Gasteiger charge is 2.36. The Labute approximate surface area is 160 Å². The van der Waals surface area contributed by atoms with E-state index in [0.29, 0.717) is 34.8 Å². The number of methoxy groups -OCH3 is 1. The number of aliphatic hydroxyl groups is 1. The number of amides is 2. The van der Waals surface area contributed by atoms with E-state index < -0.39 is 0 Å². The summed E-state index contributed by atoms with van der Waals surface area (Å²) in [6.07, 6.45) is 0. The van der Waals surface area contributed by atoms with E-state index in [9.17, 15) is 14.7 Å². The summed E-state index contributed by atoms with van der Waals surface area (Å²) in [6.45, 7) is 0.299. The third kappa shape index (κ3) is 2.13. The molecule has 0 fully saturated rings. The van der Waals surface area contributed by atoms with Gasteiger partial charge in [0.1, 0.15) is 5.75 Å². The lowest BCUT2D eigenvalue weighted by Gasteiger charge is -2.22. The van der Waals surface area contributed by atoms with Gasteiger partial charge in [-0.2, -0.15) is 0 Å². The second kappa shape index (κ2) is 5.97. The van der Waals surface area contributed by atoms with Crippen molar-refractivity contribution in [2.24, 2.45) is 0 Å². The summed E-state index contributed by atoms with van der Waals surface area (Å²) in [7, 11) is 1.57. The summed E-state index contributed by atoms with van der Waals surface area (Å²) >= 11 is 0. The minimum Gasteiger partial charge on any atom is -0.497 e. The van der Waals surface area contributed by atoms with Crippen molar-refractivity contribution in [3.05, 3.63) is 53.6 Å². The first-order valence-electron chi connectivity index (χ1n) is 8.92. The zero-order valence-electron chi connectivity index (χ0n) is 15.1. The molecule has 0 bridgehead atoms. The van der Waals surface area contributed by atoms with E-state index in [2.05, 4.69) is 10.6 Å². The fourth-order valence-electron chi connectivity index (χ4n) is 3.96. The molecule has 2 heterocycles. The van der Waals surface area contributed by atoms with Gasteiger partial charge < -0.3 is 20.5 Å². The van der Waals surface area contributed by atoms with Crippen molar-refractivity contribution in [2.45, 2.75) is 0 Å². The Kier molecular flexibility index (Phi) is 3.53. The molecule has 3 aromatic rings. The van der Waals surface area contributed by atoms with Crippen molar-refractivity contribution in [3.8, 4) is 5.75 Å². The van der Waals surface area contributed by atoms with Gasteiger partial charge in [-0.3, -0.25) is 14.5 Å². The van der Waals surface area contributed by atoms with Gasteiger partial charge in [0.15, 0.2) is 0 Å². The van der Waals surface area contributed by atoms with E-state index in [1.165, 1.54) is 0 Å². The summed E-state index contributed by atoms with van der Waals surface area (Å²) in [6, 6.07) is 12.5. The van der Waals surface area contributed by atoms with Gasteiger partial charge in [0.2, 0.25) is 0 Å². The standard InChI is InChI=1S/C21H17N3O4/c1-28-11-2-6-16(15(10-11)22-8-9-25)24-17-7-5-14-18-12(20(26)23-14)3-4-13(19(17)18)21(24)27/h2-7,10,22,25H,8-9H2,1H3,(H,23,26). The monoisotopic (exact) mass is 375 g/mol. The van der Waals surface area contributed by atoms with Crippen molar-refractivity contribution in [3.63, 3.8) is 0 Å². The number of nitrogens with zero attached hydrogens (tertiary/aromatic N) is 1. The second-order valence-corrected chi connectivity index (χ2v) is 6.67. The Morgan fingerprint density at radius 2 is 1.82 bits per heavy atom. The Morgan fingerprint density at radius 3 is 2.61 bits per heavy atom. The summed E-state index contributed by atoms with van der Waals surface area (Å²) in [5, 5.41) is 16.8. The van der Waals surface area contributed by atoms with Gasteiger partial charge in [0.25, 0.3) is 11.8 Å². The highest BCUT2D eigenvalue weighted by atomic mass is 16.5. The predicted octanol–water partition coefficient (Wildman–Crippen LogP) is 3.11. The first-order valence-corrected chi connectivity index (χ1v) is 8.92. The van der Waals surface area contributed by atoms with E-state index in [1.54, 1.807) is 36.3 Å². The first-order chi connectivity index (χ1) is 13.6. The van der Waals surface area contributed by atoms with Crippen LogP contribution in [0.15, 0.2) is 42.5 Å². The van der Waals surface area contributed by atoms with Crippen LogP contribution in [-0.4, -0.2) is 37.2 Å². The van der Waals surface area contributed by atoms with Crippen LogP contribution < -0.4 is 20.3 Å². The average Bonchev–Trinajstić information content (AvgIpc) is 3.19. The van der Waals surface area contributed by atoms with Crippen LogP contribution >= 0.6 is 0 Å². The van der Waals surface area contributed by atoms with Crippen molar-refractivity contribution in [1.29, 1.82) is 0 Å². The maximum absolute atomic E-state index is 13.3. The number of benzene rings is 3. The zero-order valence-corrected chi connectivity index (χ0v) is 15.1. The summed E-state index contributed by atoms with van der Waals surface area (Å²) in [4.78, 5) is 27.1. The fraction of sp³-hybridized carbons (Fsp3) is 0.143. The van der Waals surface area contributed by atoms with Gasteiger partial charge in [-0.05, 0) is 36.4 Å². The molecule has 28 heavy (non-hydrogen) atoms. The molecule has 3 aromatic carbocycles. The Bertz CT molecular complexity index is 1170. The second-order valence-electron chi connectivity index (χ2n) is 6.67. The number of aliphatic hydroxyl groups excluding tert-OH is 1. The molecular formula is C21H17N3O4. The number of rotatable bonds is 5. The van der Waals surface area contributed by atoms with Gasteiger partial charge in [-0.25, -0.2) is 0 Å². The molecule has 0 saturated heterocycles. The van der Waals surface area contributed by atoms with Gasteiger partial charge in [-0.1, -0.05) is 0 Å². The van der Waals surface area contributed by atoms with Gasteiger partial charge >= 0.3 is 0 Å². The SMILES string of the molecule is COc1ccc(N2C(=O)c3ccc4c5c(ccc2c35)NC4=O)c(NCCO)c1. The highest BCUT2D eigenvalue weighted by Crippen LogP contribution is 2.48. The largest absolute Gasteiger partial charge is 0.497 e. The van der Waals surface area contributed by atoms with Crippen LogP contribution in [0.25, 0.3) is 10.8 Å². The molecule has 2 amide bonds. The van der Waals surface area contributed by atoms with Crippen LogP contribution in [0.1, 0.15) is 20.7 Å². The molecule has 0 radical (unpaired) electrons. The number of nitrogens with one attached hydrogen (secondary N) is 2. The Morgan fingerprint density at radius 1 is 1.04 bits per heavy atom. The summed E-state index contributed by atoms with van der Waals surface area (Å²) in [5.74, 6) is 0.332. The van der Waals surface area contributed by atoms with Crippen molar-refractivity contribution >= 4 is 45.3 Å². The number of carbonyl (C=O) groups excluding carboxylic acids is 2. The van der Waals surface area contributed by atoms with Crippen molar-refractivity contribution in [1.82, 2.24) is 0 Å². The van der Waals surface area contributed by atoms with Crippen LogP contribution in [0, 0.1) is 0 Å². The lowest BCUT2D eigenvalue weighted by atomic mass is 10.0. The molecule has 0 atom stereocenters. The molecular weight excluding hydrogens is 358 g/mol. The lowest BCUT2D eigenvalue weighted by Crippen LogP contribution is -2.22. The van der Waals surface area contributed by atoms with Gasteiger partial charge in [-0.15, -0.1) is 0 Å². The molecule has 0 aromatic heterocycles. The molecule has 0 aliphatic carbocycles. The number of anilines is 4. The average molecular weight is 375 g/mol. The minimum absolute atomic E-state index is 0.0408. The summed E-state index contributed by atoms with van der Waals surface area (Å²) < 4.78 is 5.30. The van der Waals surface area contributed by atoms with Gasteiger partial charge in [0, 0.05) is 34.6 Å². The van der Waals surface area contributed by atoms with Crippen LogP contribution in [0.3, 0.4) is 0 Å². The van der Waals surface area contributed by atoms with E-state index >= 15 is 0 Å². The number of hydrogen-bond acceptors (Lipinski definition) is 5.